The van der Waals surface area contributed by atoms with Crippen LogP contribution in [0.2, 0.25) is 0 Å². The minimum atomic E-state index is -1.36. The normalized spacial score (nSPS) is 22.1. The van der Waals surface area contributed by atoms with Crippen LogP contribution < -0.4 is 10.6 Å². The topological polar surface area (TPSA) is 112 Å². The molecule has 1 fully saturated rings. The van der Waals surface area contributed by atoms with Crippen LogP contribution >= 0.6 is 0 Å². The number of hydrogen-bond donors (Lipinski definition) is 2. The van der Waals surface area contributed by atoms with Gasteiger partial charge in [-0.1, -0.05) is 36.4 Å². The van der Waals surface area contributed by atoms with Crippen molar-refractivity contribution >= 4 is 29.5 Å². The number of carbonyl (C=O) groups excluding carboxylic acids is 3. The highest BCUT2D eigenvalue weighted by molar-refractivity contribution is 6.17. The molecule has 10 heteroatoms. The molecule has 0 aromatic heterocycles. The van der Waals surface area contributed by atoms with E-state index in [1.165, 1.54) is 6.08 Å². The SMILES string of the molecule is C[C@H](NC(=O)[C@H](CC(=O)N1CCCC[C@@H]1C)NC(=O)OCc1ccccc1)C1=NC2=CC=CC(F)C2=N1. The van der Waals surface area contributed by atoms with Gasteiger partial charge in [0.2, 0.25) is 11.8 Å². The zero-order valence-electron chi connectivity index (χ0n) is 21.0. The van der Waals surface area contributed by atoms with E-state index >= 15 is 0 Å². The van der Waals surface area contributed by atoms with Crippen molar-refractivity contribution in [2.75, 3.05) is 6.54 Å². The van der Waals surface area contributed by atoms with Gasteiger partial charge in [-0.15, -0.1) is 0 Å². The van der Waals surface area contributed by atoms with E-state index in [0.717, 1.165) is 24.8 Å². The van der Waals surface area contributed by atoms with E-state index in [9.17, 15) is 18.8 Å². The average Bonchev–Trinajstić information content (AvgIpc) is 3.34. The molecular formula is C27H32FN5O4. The molecule has 37 heavy (non-hydrogen) atoms. The highest BCUT2D eigenvalue weighted by Crippen LogP contribution is 2.21. The predicted molar refractivity (Wildman–Crippen MR) is 138 cm³/mol. The van der Waals surface area contributed by atoms with Crippen molar-refractivity contribution in [3.05, 3.63) is 59.8 Å². The van der Waals surface area contributed by atoms with Gasteiger partial charge in [0.15, 0.2) is 12.0 Å². The van der Waals surface area contributed by atoms with E-state index in [1.54, 1.807) is 24.0 Å². The van der Waals surface area contributed by atoms with Gasteiger partial charge in [0.1, 0.15) is 18.4 Å². The summed E-state index contributed by atoms with van der Waals surface area (Å²) in [6, 6.07) is 7.37. The number of nitrogens with one attached hydrogen (secondary N) is 2. The number of ether oxygens (including phenoxy) is 1. The number of piperidine rings is 1. The summed E-state index contributed by atoms with van der Waals surface area (Å²) >= 11 is 0. The maximum atomic E-state index is 14.1. The minimum Gasteiger partial charge on any atom is -0.445 e. The summed E-state index contributed by atoms with van der Waals surface area (Å²) in [7, 11) is 0. The van der Waals surface area contributed by atoms with Gasteiger partial charge < -0.3 is 20.3 Å². The zero-order valence-corrected chi connectivity index (χ0v) is 21.0. The molecule has 1 aromatic carbocycles. The summed E-state index contributed by atoms with van der Waals surface area (Å²) in [6.07, 6.45) is 5.06. The maximum Gasteiger partial charge on any atom is 0.408 e. The number of aliphatic imine (C=N–C) groups is 2. The lowest BCUT2D eigenvalue weighted by Crippen LogP contribution is -2.53. The summed E-state index contributed by atoms with van der Waals surface area (Å²) in [5.74, 6) is -0.546. The second-order valence-corrected chi connectivity index (χ2v) is 9.43. The Kier molecular flexibility index (Phi) is 8.47. The Morgan fingerprint density at radius 2 is 1.95 bits per heavy atom. The van der Waals surface area contributed by atoms with Crippen LogP contribution in [0.15, 0.2) is 64.2 Å². The van der Waals surface area contributed by atoms with Gasteiger partial charge in [-0.3, -0.25) is 9.59 Å². The number of rotatable bonds is 8. The number of likely N-dealkylation sites (tertiary alicyclic amines) is 1. The summed E-state index contributed by atoms with van der Waals surface area (Å²) in [4.78, 5) is 49.2. The third-order valence-corrected chi connectivity index (χ3v) is 6.60. The molecule has 196 valence electrons. The number of carbonyl (C=O) groups is 3. The number of allylic oxidation sites excluding steroid dienone is 4. The predicted octanol–water partition coefficient (Wildman–Crippen LogP) is 3.22. The summed E-state index contributed by atoms with van der Waals surface area (Å²) in [5.41, 5.74) is 1.41. The van der Waals surface area contributed by atoms with E-state index < -0.39 is 30.3 Å². The fraction of sp³-hybridized carbons (Fsp3) is 0.444. The molecule has 1 aliphatic carbocycles. The second kappa shape index (κ2) is 11.9. The van der Waals surface area contributed by atoms with Crippen molar-refractivity contribution < 1.29 is 23.5 Å². The first-order valence-corrected chi connectivity index (χ1v) is 12.6. The van der Waals surface area contributed by atoms with Crippen molar-refractivity contribution in [3.8, 4) is 0 Å². The lowest BCUT2D eigenvalue weighted by molar-refractivity contribution is -0.137. The molecule has 3 amide bonds. The van der Waals surface area contributed by atoms with E-state index in [1.807, 2.05) is 37.3 Å². The van der Waals surface area contributed by atoms with Crippen LogP contribution in [-0.2, 0) is 20.9 Å². The Morgan fingerprint density at radius 1 is 1.16 bits per heavy atom. The number of nitrogens with zero attached hydrogens (tertiary/aromatic N) is 3. The number of amidine groups is 1. The Bertz CT molecular complexity index is 1150. The first-order chi connectivity index (χ1) is 17.8. The van der Waals surface area contributed by atoms with Crippen molar-refractivity contribution in [2.24, 2.45) is 9.98 Å². The quantitative estimate of drug-likeness (QED) is 0.560. The summed E-state index contributed by atoms with van der Waals surface area (Å²) in [5, 5.41) is 5.30. The van der Waals surface area contributed by atoms with Gasteiger partial charge >= 0.3 is 6.09 Å². The first kappa shape index (κ1) is 26.2. The molecule has 1 unspecified atom stereocenters. The number of hydrogen-bond acceptors (Lipinski definition) is 6. The van der Waals surface area contributed by atoms with Crippen LogP contribution in [-0.4, -0.2) is 65.2 Å². The van der Waals surface area contributed by atoms with Gasteiger partial charge in [-0.05, 0) is 50.8 Å². The Balaban J connectivity index is 1.42. The lowest BCUT2D eigenvalue weighted by atomic mass is 10.0. The van der Waals surface area contributed by atoms with E-state index in [-0.39, 0.29) is 36.5 Å². The Hall–Kier alpha value is -3.82. The zero-order chi connectivity index (χ0) is 26.4. The Morgan fingerprint density at radius 3 is 2.68 bits per heavy atom. The molecule has 2 heterocycles. The Labute approximate surface area is 215 Å². The maximum absolute atomic E-state index is 14.1. The molecule has 1 saturated heterocycles. The van der Waals surface area contributed by atoms with Gasteiger partial charge in [0.05, 0.1) is 18.2 Å². The van der Waals surface area contributed by atoms with E-state index in [4.69, 9.17) is 4.74 Å². The molecule has 9 nitrogen and oxygen atoms in total. The molecular weight excluding hydrogens is 477 g/mol. The fourth-order valence-electron chi connectivity index (χ4n) is 4.50. The second-order valence-electron chi connectivity index (χ2n) is 9.43. The molecule has 3 aliphatic rings. The molecule has 2 aliphatic heterocycles. The largest absolute Gasteiger partial charge is 0.445 e. The minimum absolute atomic E-state index is 0.0242. The third-order valence-electron chi connectivity index (χ3n) is 6.60. The van der Waals surface area contributed by atoms with Gasteiger partial charge in [0.25, 0.3) is 0 Å². The van der Waals surface area contributed by atoms with Crippen molar-refractivity contribution in [3.63, 3.8) is 0 Å². The van der Waals surface area contributed by atoms with Crippen LogP contribution in [0.3, 0.4) is 0 Å². The first-order valence-electron chi connectivity index (χ1n) is 12.6. The van der Waals surface area contributed by atoms with E-state index in [2.05, 4.69) is 20.6 Å². The molecule has 4 atom stereocenters. The number of halogens is 1. The smallest absolute Gasteiger partial charge is 0.408 e. The number of alkyl carbamates (subject to hydrolysis) is 1. The number of amides is 3. The van der Waals surface area contributed by atoms with Crippen molar-refractivity contribution in [1.29, 1.82) is 0 Å². The summed E-state index contributed by atoms with van der Waals surface area (Å²) < 4.78 is 19.4. The van der Waals surface area contributed by atoms with Crippen LogP contribution in [0.5, 0.6) is 0 Å². The average molecular weight is 510 g/mol. The molecule has 0 radical (unpaired) electrons. The van der Waals surface area contributed by atoms with Crippen LogP contribution in [0.4, 0.5) is 9.18 Å². The van der Waals surface area contributed by atoms with Gasteiger partial charge in [0, 0.05) is 12.6 Å². The highest BCUT2D eigenvalue weighted by atomic mass is 19.1. The third kappa shape index (κ3) is 6.69. The van der Waals surface area contributed by atoms with Crippen LogP contribution in [0.25, 0.3) is 0 Å². The number of alkyl halides is 1. The monoisotopic (exact) mass is 509 g/mol. The van der Waals surface area contributed by atoms with Crippen LogP contribution in [0.1, 0.15) is 45.1 Å². The summed E-state index contributed by atoms with van der Waals surface area (Å²) in [6.45, 7) is 4.29. The molecule has 0 saturated carbocycles. The lowest BCUT2D eigenvalue weighted by Gasteiger charge is -2.34. The fourth-order valence-corrected chi connectivity index (χ4v) is 4.50. The van der Waals surface area contributed by atoms with Gasteiger partial charge in [-0.25, -0.2) is 19.2 Å². The number of benzene rings is 1. The molecule has 4 rings (SSSR count). The van der Waals surface area contributed by atoms with Gasteiger partial charge in [-0.2, -0.15) is 0 Å². The standard InChI is InChI=1S/C27H32FN5O4/c1-17-9-6-7-14-33(17)23(34)15-22(31-27(36)37-16-19-10-4-3-5-11-19)26(35)29-18(2)25-30-21-13-8-12-20(28)24(21)32-25/h3-5,8,10-13,17-18,20,22H,6-7,9,14-16H2,1-2H3,(H,29,35)(H,31,36)/t17-,18-,20?,22-/m0/s1. The van der Waals surface area contributed by atoms with Crippen LogP contribution in [0, 0.1) is 0 Å². The van der Waals surface area contributed by atoms with E-state index in [0.29, 0.717) is 12.2 Å². The van der Waals surface area contributed by atoms with Crippen molar-refractivity contribution in [1.82, 2.24) is 15.5 Å². The molecule has 0 spiro atoms. The van der Waals surface area contributed by atoms with Crippen molar-refractivity contribution in [2.45, 2.75) is 70.4 Å². The highest BCUT2D eigenvalue weighted by Gasteiger charge is 2.32. The molecule has 0 bridgehead atoms. The number of fused-ring (bicyclic) bond motifs is 1. The molecule has 2 N–H and O–H groups in total. The molecule has 1 aromatic rings.